The van der Waals surface area contributed by atoms with Gasteiger partial charge in [-0.1, -0.05) is 117 Å². The van der Waals surface area contributed by atoms with Gasteiger partial charge in [-0.2, -0.15) is 0 Å². The summed E-state index contributed by atoms with van der Waals surface area (Å²) in [5.74, 6) is 0. The van der Waals surface area contributed by atoms with Crippen LogP contribution in [0.25, 0.3) is 54.6 Å². The molecule has 1 atom stereocenters. The van der Waals surface area contributed by atoms with Crippen LogP contribution in [0.15, 0.2) is 144 Å². The molecule has 0 saturated heterocycles. The van der Waals surface area contributed by atoms with E-state index in [0.29, 0.717) is 0 Å². The van der Waals surface area contributed by atoms with Gasteiger partial charge >= 0.3 is 0 Å². The zero-order chi connectivity index (χ0) is 29.4. The van der Waals surface area contributed by atoms with Crippen molar-refractivity contribution in [1.82, 2.24) is 0 Å². The summed E-state index contributed by atoms with van der Waals surface area (Å²) in [6.45, 7) is 4.71. The van der Waals surface area contributed by atoms with Crippen molar-refractivity contribution in [2.45, 2.75) is 25.7 Å². The number of fused-ring (bicyclic) bond motifs is 9. The Balaban J connectivity index is 1.39. The summed E-state index contributed by atoms with van der Waals surface area (Å²) < 4.78 is 6.41. The number of para-hydroxylation sites is 1. The van der Waals surface area contributed by atoms with Crippen molar-refractivity contribution in [2.75, 3.05) is 4.90 Å². The second-order valence-electron chi connectivity index (χ2n) is 12.2. The highest BCUT2D eigenvalue weighted by molar-refractivity contribution is 6.15. The monoisotopic (exact) mass is 565 g/mol. The normalized spacial score (nSPS) is 15.7. The van der Waals surface area contributed by atoms with Crippen LogP contribution < -0.4 is 4.90 Å². The van der Waals surface area contributed by atoms with E-state index < -0.39 is 0 Å². The summed E-state index contributed by atoms with van der Waals surface area (Å²) in [5.41, 5.74) is 10.6. The summed E-state index contributed by atoms with van der Waals surface area (Å²) in [6.07, 6.45) is 1.03. The summed E-state index contributed by atoms with van der Waals surface area (Å²) in [4.78, 5) is 2.47. The molecule has 0 radical (unpaired) electrons. The molecule has 1 unspecified atom stereocenters. The van der Waals surface area contributed by atoms with Gasteiger partial charge in [0.2, 0.25) is 0 Å². The number of anilines is 3. The topological polar surface area (TPSA) is 16.4 Å². The lowest BCUT2D eigenvalue weighted by Crippen LogP contribution is -2.19. The van der Waals surface area contributed by atoms with E-state index in [0.717, 1.165) is 39.7 Å². The third kappa shape index (κ3) is 3.43. The number of rotatable bonds is 4. The molecule has 0 amide bonds. The number of furan rings is 1. The number of hydrogen-bond donors (Lipinski definition) is 0. The summed E-state index contributed by atoms with van der Waals surface area (Å²) >= 11 is 0. The first-order valence-corrected chi connectivity index (χ1v) is 15.5. The van der Waals surface area contributed by atoms with Crippen molar-refractivity contribution >= 4 is 60.5 Å². The molecule has 210 valence electrons. The van der Waals surface area contributed by atoms with Gasteiger partial charge in [-0.05, 0) is 81.1 Å². The maximum absolute atomic E-state index is 6.41. The van der Waals surface area contributed by atoms with E-state index in [1.807, 2.05) is 6.07 Å². The lowest BCUT2D eigenvalue weighted by Gasteiger charge is -2.30. The highest BCUT2D eigenvalue weighted by Crippen LogP contribution is 2.56. The molecule has 1 aliphatic carbocycles. The predicted molar refractivity (Wildman–Crippen MR) is 186 cm³/mol. The van der Waals surface area contributed by atoms with Crippen molar-refractivity contribution < 1.29 is 4.42 Å². The van der Waals surface area contributed by atoms with E-state index >= 15 is 0 Å². The van der Waals surface area contributed by atoms with Gasteiger partial charge in [-0.3, -0.25) is 0 Å². The molecule has 0 aliphatic heterocycles. The molecule has 2 heteroatoms. The molecule has 44 heavy (non-hydrogen) atoms. The average molecular weight is 566 g/mol. The molecule has 0 fully saturated rings. The van der Waals surface area contributed by atoms with Crippen LogP contribution in [0.2, 0.25) is 0 Å². The molecule has 1 aliphatic rings. The average Bonchev–Trinajstić information content (AvgIpc) is 3.59. The minimum Gasteiger partial charge on any atom is -0.456 e. The van der Waals surface area contributed by atoms with E-state index in [-0.39, 0.29) is 5.41 Å². The van der Waals surface area contributed by atoms with E-state index in [2.05, 4.69) is 152 Å². The van der Waals surface area contributed by atoms with Crippen LogP contribution >= 0.6 is 0 Å². The number of nitrogens with zero attached hydrogens (tertiary/aromatic N) is 1. The van der Waals surface area contributed by atoms with Crippen LogP contribution in [0, 0.1) is 0 Å². The maximum atomic E-state index is 6.41. The molecule has 8 aromatic rings. The highest BCUT2D eigenvalue weighted by atomic mass is 16.3. The molecular formula is C42H31NO. The third-order valence-corrected chi connectivity index (χ3v) is 9.98. The Labute approximate surface area is 256 Å². The molecule has 0 bridgehead atoms. The molecule has 2 nitrogen and oxygen atoms in total. The van der Waals surface area contributed by atoms with Gasteiger partial charge in [-0.15, -0.1) is 0 Å². The molecule has 1 aromatic heterocycles. The first kappa shape index (κ1) is 25.2. The van der Waals surface area contributed by atoms with Gasteiger partial charge in [0.15, 0.2) is 0 Å². The van der Waals surface area contributed by atoms with Crippen molar-refractivity contribution in [3.63, 3.8) is 0 Å². The lowest BCUT2D eigenvalue weighted by atomic mass is 9.78. The third-order valence-electron chi connectivity index (χ3n) is 9.98. The van der Waals surface area contributed by atoms with E-state index in [9.17, 15) is 0 Å². The molecule has 0 N–H and O–H groups in total. The van der Waals surface area contributed by atoms with Crippen LogP contribution in [-0.2, 0) is 5.41 Å². The zero-order valence-corrected chi connectivity index (χ0v) is 24.8. The van der Waals surface area contributed by atoms with Crippen LogP contribution in [0.1, 0.15) is 31.4 Å². The summed E-state index contributed by atoms with van der Waals surface area (Å²) in [6, 6.07) is 50.7. The highest BCUT2D eigenvalue weighted by Gasteiger charge is 2.40. The fourth-order valence-corrected chi connectivity index (χ4v) is 7.67. The molecule has 0 spiro atoms. The largest absolute Gasteiger partial charge is 0.456 e. The molecule has 1 heterocycles. The van der Waals surface area contributed by atoms with Crippen LogP contribution in [-0.4, -0.2) is 0 Å². The smallest absolute Gasteiger partial charge is 0.137 e. The SMILES string of the molecule is CCC1(C)c2ccccc2-c2c(N(c3ccc4c(ccc5ccccc54)c3)c3cccc4oc5ccccc5c34)cccc21. The first-order chi connectivity index (χ1) is 21.7. The van der Waals surface area contributed by atoms with Gasteiger partial charge in [0.25, 0.3) is 0 Å². The second-order valence-corrected chi connectivity index (χ2v) is 12.2. The van der Waals surface area contributed by atoms with E-state index in [1.54, 1.807) is 0 Å². The Kier molecular flexibility index (Phi) is 5.34. The molecule has 7 aromatic carbocycles. The minimum absolute atomic E-state index is 0.0513. The zero-order valence-electron chi connectivity index (χ0n) is 24.8. The van der Waals surface area contributed by atoms with Gasteiger partial charge in [0.1, 0.15) is 11.2 Å². The number of hydrogen-bond acceptors (Lipinski definition) is 2. The predicted octanol–water partition coefficient (Wildman–Crippen LogP) is 12.1. The number of benzene rings is 7. The van der Waals surface area contributed by atoms with Crippen LogP contribution in [0.3, 0.4) is 0 Å². The fourth-order valence-electron chi connectivity index (χ4n) is 7.67. The Hall–Kier alpha value is -5.34. The van der Waals surface area contributed by atoms with Crippen LogP contribution in [0.4, 0.5) is 17.1 Å². The van der Waals surface area contributed by atoms with Gasteiger partial charge in [-0.25, -0.2) is 0 Å². The Morgan fingerprint density at radius 2 is 1.25 bits per heavy atom. The molecule has 0 saturated carbocycles. The Morgan fingerprint density at radius 1 is 0.568 bits per heavy atom. The van der Waals surface area contributed by atoms with E-state index in [1.165, 1.54) is 49.5 Å². The summed E-state index contributed by atoms with van der Waals surface area (Å²) in [5, 5.41) is 7.28. The van der Waals surface area contributed by atoms with Gasteiger partial charge in [0, 0.05) is 22.1 Å². The molecular weight excluding hydrogens is 534 g/mol. The quantitative estimate of drug-likeness (QED) is 0.197. The van der Waals surface area contributed by atoms with Gasteiger partial charge < -0.3 is 9.32 Å². The van der Waals surface area contributed by atoms with Crippen molar-refractivity contribution in [1.29, 1.82) is 0 Å². The maximum Gasteiger partial charge on any atom is 0.137 e. The van der Waals surface area contributed by atoms with Crippen molar-refractivity contribution in [2.24, 2.45) is 0 Å². The Morgan fingerprint density at radius 3 is 2.16 bits per heavy atom. The fraction of sp³-hybridized carbons (Fsp3) is 0.0952. The standard InChI is InChI=1S/C42H31NO/c1-3-42(2)34-16-8-6-14-32(34)40-35(42)17-10-18-36(40)43(37-19-11-21-39-41(37)33-15-7-9-20-38(33)44-39)29-24-25-31-28(26-29)23-22-27-12-4-5-13-30(27)31/h4-26H,3H2,1-2H3. The first-order valence-electron chi connectivity index (χ1n) is 15.5. The summed E-state index contributed by atoms with van der Waals surface area (Å²) in [7, 11) is 0. The minimum atomic E-state index is -0.0513. The van der Waals surface area contributed by atoms with Crippen LogP contribution in [0.5, 0.6) is 0 Å². The lowest BCUT2D eigenvalue weighted by molar-refractivity contribution is 0.564. The molecule has 9 rings (SSSR count). The second kappa shape index (κ2) is 9.33. The van der Waals surface area contributed by atoms with Crippen molar-refractivity contribution in [3.05, 3.63) is 151 Å². The van der Waals surface area contributed by atoms with E-state index in [4.69, 9.17) is 4.42 Å². The van der Waals surface area contributed by atoms with Crippen molar-refractivity contribution in [3.8, 4) is 11.1 Å². The van der Waals surface area contributed by atoms with Gasteiger partial charge in [0.05, 0.1) is 16.8 Å². The Bertz CT molecular complexity index is 2410.